The Hall–Kier alpha value is -9.79. The van der Waals surface area contributed by atoms with E-state index in [1.54, 1.807) is 0 Å². The lowest BCUT2D eigenvalue weighted by Crippen LogP contribution is -2.62. The minimum absolute atomic E-state index is 0.0123. The smallest absolute Gasteiger partial charge is 0.328 e. The number of carboxylic acids is 1. The molecule has 0 bridgehead atoms. The molecule has 636 valence electrons. The fourth-order valence-corrected chi connectivity index (χ4v) is 13.3. The van der Waals surface area contributed by atoms with Crippen molar-refractivity contribution in [2.24, 2.45) is 50.9 Å². The van der Waals surface area contributed by atoms with Crippen molar-refractivity contribution in [2.75, 3.05) is 59.0 Å². The number of H-pyrrole nitrogens is 1. The van der Waals surface area contributed by atoms with Crippen molar-refractivity contribution in [2.45, 2.75) is 265 Å². The number of unbranched alkanes of at least 4 members (excludes halogenated alkanes) is 4. The molecule has 0 unspecified atom stereocenters. The maximum absolute atomic E-state index is 15.0. The molecule has 14 amide bonds. The van der Waals surface area contributed by atoms with Crippen LogP contribution in [0, 0.1) is 0 Å². The van der Waals surface area contributed by atoms with Crippen molar-refractivity contribution < 1.29 is 92.3 Å². The van der Waals surface area contributed by atoms with E-state index in [1.807, 2.05) is 5.32 Å². The van der Waals surface area contributed by atoms with Gasteiger partial charge in [0.1, 0.15) is 72.5 Å². The molecule has 3 fully saturated rings. The van der Waals surface area contributed by atoms with E-state index in [9.17, 15) is 82.8 Å². The number of hydrogen-bond donors (Lipinski definition) is 23. The molecule has 0 aliphatic carbocycles. The number of hydrogen-bond acceptors (Lipinski definition) is 25. The quantitative estimate of drug-likeness (QED) is 0.0164. The largest absolute Gasteiger partial charge is 0.480 e. The number of amides is 14. The zero-order chi connectivity index (χ0) is 84.0. The molecule has 0 aromatic carbocycles. The Kier molecular flexibility index (Phi) is 42.0. The van der Waals surface area contributed by atoms with Crippen molar-refractivity contribution in [3.8, 4) is 0 Å². The van der Waals surface area contributed by atoms with Gasteiger partial charge in [0, 0.05) is 50.9 Å². The van der Waals surface area contributed by atoms with Gasteiger partial charge in [-0.3, -0.25) is 72.1 Å². The maximum atomic E-state index is 15.0. The van der Waals surface area contributed by atoms with Crippen molar-refractivity contribution in [1.82, 2.24) is 77.8 Å². The number of carbonyl (C=O) groups is 15. The zero-order valence-electron chi connectivity index (χ0n) is 64.8. The monoisotopic (exact) mass is 1600 g/mol. The molecule has 4 heterocycles. The Morgan fingerprint density at radius 3 is 1.29 bits per heavy atom. The lowest BCUT2D eigenvalue weighted by Gasteiger charge is -2.33. The summed E-state index contributed by atoms with van der Waals surface area (Å²) in [7, 11) is 0. The molecule has 3 aliphatic heterocycles. The number of imidazole rings is 1. The molecule has 31 N–H and O–H groups in total. The van der Waals surface area contributed by atoms with Gasteiger partial charge in [0.05, 0.1) is 31.2 Å². The Bertz CT molecular complexity index is 3350. The molecular formula is C70H122N24O19. The average Bonchev–Trinajstić information content (AvgIpc) is 1.72. The number of aliphatic carboxylic acids is 1. The van der Waals surface area contributed by atoms with Crippen molar-refractivity contribution in [3.63, 3.8) is 0 Å². The zero-order valence-corrected chi connectivity index (χ0v) is 64.8. The van der Waals surface area contributed by atoms with E-state index < -0.39 is 192 Å². The van der Waals surface area contributed by atoms with Crippen LogP contribution in [0.5, 0.6) is 0 Å². The summed E-state index contributed by atoms with van der Waals surface area (Å²) < 4.78 is 0. The predicted octanol–water partition coefficient (Wildman–Crippen LogP) is -9.21. The summed E-state index contributed by atoms with van der Waals surface area (Å²) in [4.78, 5) is 223. The summed E-state index contributed by atoms with van der Waals surface area (Å²) in [6.07, 6.45) is 3.36. The number of carbonyl (C=O) groups excluding carboxylic acids is 14. The Morgan fingerprint density at radius 2 is 0.867 bits per heavy atom. The lowest BCUT2D eigenvalue weighted by atomic mass is 10.0. The van der Waals surface area contributed by atoms with Crippen LogP contribution in [0.3, 0.4) is 0 Å². The predicted molar refractivity (Wildman–Crippen MR) is 407 cm³/mol. The van der Waals surface area contributed by atoms with E-state index in [-0.39, 0.29) is 135 Å². The van der Waals surface area contributed by atoms with Crippen LogP contribution in [0.4, 0.5) is 0 Å². The Balaban J connectivity index is 1.56. The highest BCUT2D eigenvalue weighted by molar-refractivity contribution is 6.01. The molecule has 113 heavy (non-hydrogen) atoms. The summed E-state index contributed by atoms with van der Waals surface area (Å²) in [6, 6.07) is -19.7. The van der Waals surface area contributed by atoms with Crippen LogP contribution in [0.1, 0.15) is 168 Å². The van der Waals surface area contributed by atoms with E-state index in [0.29, 0.717) is 77.2 Å². The third-order valence-corrected chi connectivity index (χ3v) is 19.7. The second-order valence-corrected chi connectivity index (χ2v) is 28.7. The van der Waals surface area contributed by atoms with E-state index >= 15 is 9.59 Å². The molecule has 43 heteroatoms. The van der Waals surface area contributed by atoms with Gasteiger partial charge in [-0.2, -0.15) is 0 Å². The van der Waals surface area contributed by atoms with Crippen LogP contribution in [0.15, 0.2) is 17.5 Å². The number of likely N-dealkylation sites (tertiary alicyclic amines) is 3. The highest BCUT2D eigenvalue weighted by Gasteiger charge is 2.45. The van der Waals surface area contributed by atoms with Gasteiger partial charge in [0.25, 0.3) is 0 Å². The number of nitrogens with two attached hydrogens (primary N) is 8. The number of nitrogens with zero attached hydrogens (tertiary/aromatic N) is 5. The molecule has 1 aromatic rings. The average molecular weight is 1600 g/mol. The molecule has 1 aromatic heterocycles. The molecule has 4 rings (SSSR count). The van der Waals surface area contributed by atoms with Crippen LogP contribution in [0.25, 0.3) is 0 Å². The fourth-order valence-electron chi connectivity index (χ4n) is 13.3. The normalized spacial score (nSPS) is 18.8. The summed E-state index contributed by atoms with van der Waals surface area (Å²) in [5, 5.41) is 65.5. The second-order valence-electron chi connectivity index (χ2n) is 28.7. The van der Waals surface area contributed by atoms with Gasteiger partial charge >= 0.3 is 5.97 Å². The van der Waals surface area contributed by atoms with Gasteiger partial charge in [-0.05, 0) is 175 Å². The van der Waals surface area contributed by atoms with Crippen molar-refractivity contribution in [3.05, 3.63) is 18.2 Å². The first kappa shape index (κ1) is 95.6. The Labute approximate surface area is 655 Å². The van der Waals surface area contributed by atoms with Gasteiger partial charge in [0.15, 0.2) is 12.0 Å². The fraction of sp³-hybridized carbons (Fsp3) is 0.729. The van der Waals surface area contributed by atoms with E-state index in [0.717, 1.165) is 13.8 Å². The number of guanidine groups is 1. The first-order valence-electron chi connectivity index (χ1n) is 38.8. The van der Waals surface area contributed by atoms with E-state index in [4.69, 9.17) is 45.9 Å². The van der Waals surface area contributed by atoms with Crippen LogP contribution >= 0.6 is 0 Å². The number of aliphatic imine (C=N–C) groups is 1. The van der Waals surface area contributed by atoms with Gasteiger partial charge in [-0.25, -0.2) is 9.78 Å². The number of primary amides is 1. The van der Waals surface area contributed by atoms with Crippen molar-refractivity contribution in [1.29, 1.82) is 0 Å². The van der Waals surface area contributed by atoms with Crippen molar-refractivity contribution >= 4 is 94.6 Å². The summed E-state index contributed by atoms with van der Waals surface area (Å²) >= 11 is 0. The standard InChI is InChI=1S/C70H122N24O19/c1-38(82-57(100)42(75)16-4-8-26-71)56(99)85-47(24-25-53(76)98)68(111)94-33-14-22-51(94)62(105)83-43(17-5-9-27-72)58(101)86-45(18-6-10-28-73)66(109)93-32-15-23-52(93)64(107)87-46(19-7-11-29-74)67(110)92-31-13-21-50(92)63(106)84-44(20-12-30-80-70(77)78)59(102)88-48(34-41-35-79-37-81-41)60(103)89-49(36-95)61(104)90-54(39(2)96)65(108)91-55(40(3)97)69(112)113/h35,37-40,42-52,54-55,95-97H,4-34,36,71-75H2,1-3H3,(H2,76,98)(H,79,81)(H,82,100)(H,83,105)(H,84,106)(H,85,99)(H,86,101)(H,87,107)(H,88,102)(H,89,103)(H,90,104)(H,91,108)(H,112,113)(H4,77,78,80)/t38-,39+,40+,42-,43-,44-,45-,46-,47-,48-,49-,50-,51-,52-,54-,55-/m0/s1. The third kappa shape index (κ3) is 31.3. The number of nitrogens with one attached hydrogen (secondary N) is 11. The molecule has 43 nitrogen and oxygen atoms in total. The minimum atomic E-state index is -1.88. The third-order valence-electron chi connectivity index (χ3n) is 19.7. The number of aromatic amines is 1. The summed E-state index contributed by atoms with van der Waals surface area (Å²) in [6.45, 7) is 3.55. The highest BCUT2D eigenvalue weighted by atomic mass is 16.4. The molecule has 0 spiro atoms. The van der Waals surface area contributed by atoms with Crippen LogP contribution in [-0.4, -0.2) is 295 Å². The van der Waals surface area contributed by atoms with Gasteiger partial charge in [-0.1, -0.05) is 6.42 Å². The van der Waals surface area contributed by atoms with Crippen LogP contribution in [0.2, 0.25) is 0 Å². The molecule has 3 aliphatic rings. The maximum Gasteiger partial charge on any atom is 0.328 e. The second kappa shape index (κ2) is 49.7. The first-order valence-corrected chi connectivity index (χ1v) is 38.8. The van der Waals surface area contributed by atoms with E-state index in [2.05, 4.69) is 62.8 Å². The van der Waals surface area contributed by atoms with Gasteiger partial charge < -0.3 is 139 Å². The van der Waals surface area contributed by atoms with Gasteiger partial charge in [0.2, 0.25) is 82.7 Å². The number of rotatable bonds is 52. The first-order chi connectivity index (χ1) is 53.7. The summed E-state index contributed by atoms with van der Waals surface area (Å²) in [5.41, 5.74) is 46.1. The number of aromatic nitrogens is 2. The molecular weight excluding hydrogens is 1480 g/mol. The Morgan fingerprint density at radius 1 is 0.478 bits per heavy atom. The van der Waals surface area contributed by atoms with Gasteiger partial charge in [-0.15, -0.1) is 0 Å². The van der Waals surface area contributed by atoms with E-state index in [1.165, 1.54) is 34.1 Å². The summed E-state index contributed by atoms with van der Waals surface area (Å²) in [5.74, 6) is -13.8. The molecule has 0 radical (unpaired) electrons. The minimum Gasteiger partial charge on any atom is -0.480 e. The molecule has 16 atom stereocenters. The van der Waals surface area contributed by atoms with Crippen LogP contribution in [-0.2, 0) is 78.3 Å². The molecule has 0 saturated carbocycles. The SMILES string of the molecule is C[C@H](NC(=O)[C@@H](N)CCCCN)C(=O)N[C@@H](CCC(N)=O)C(=O)N1CCC[C@H]1C(=O)N[C@@H](CCCCN)C(=O)N[C@@H](CCCCN)C(=O)N1CCC[C@H]1C(=O)N[C@@H](CCCCN)C(=O)N1CCC[C@H]1C(=O)N[C@@H](CCCN=C(N)N)C(=O)N[C@@H](Cc1cnc[nH]1)C(=O)N[C@@H](CO)C(=O)N[C@H](C(=O)N[C@H](C(=O)O)[C@@H](C)O)[C@@H](C)O. The molecule has 3 saturated heterocycles. The topological polar surface area (TPSA) is 716 Å². The number of carboxylic acid groups (broad SMARTS) is 1. The highest BCUT2D eigenvalue weighted by Crippen LogP contribution is 2.25. The number of aliphatic hydroxyl groups excluding tert-OH is 3. The lowest BCUT2D eigenvalue weighted by molar-refractivity contribution is -0.146. The number of aliphatic hydroxyl groups is 3. The van der Waals surface area contributed by atoms with Crippen LogP contribution < -0.4 is 99.0 Å².